The lowest BCUT2D eigenvalue weighted by atomic mass is 10.1. The van der Waals surface area contributed by atoms with Crippen LogP contribution in [0.15, 0.2) is 12.1 Å². The smallest absolute Gasteiger partial charge is 0.305 e. The van der Waals surface area contributed by atoms with Gasteiger partial charge in [-0.25, -0.2) is 4.39 Å². The van der Waals surface area contributed by atoms with Crippen molar-refractivity contribution in [1.29, 1.82) is 0 Å². The van der Waals surface area contributed by atoms with Gasteiger partial charge in [0.2, 0.25) is 5.82 Å². The molecule has 1 aromatic carbocycles. The predicted molar refractivity (Wildman–Crippen MR) is 66.3 cm³/mol. The summed E-state index contributed by atoms with van der Waals surface area (Å²) in [7, 11) is 0. The van der Waals surface area contributed by atoms with E-state index in [4.69, 9.17) is 5.11 Å². The first-order valence-electron chi connectivity index (χ1n) is 5.96. The van der Waals surface area contributed by atoms with Gasteiger partial charge in [0.05, 0.1) is 4.92 Å². The lowest BCUT2D eigenvalue weighted by molar-refractivity contribution is -0.387. The molecule has 0 aliphatic rings. The van der Waals surface area contributed by atoms with Gasteiger partial charge in [-0.3, -0.25) is 14.9 Å². The molecule has 0 fully saturated rings. The lowest BCUT2D eigenvalue weighted by Crippen LogP contribution is -2.36. The third-order valence-corrected chi connectivity index (χ3v) is 2.80. The van der Waals surface area contributed by atoms with Crippen molar-refractivity contribution in [1.82, 2.24) is 5.32 Å². The third kappa shape index (κ3) is 3.47. The summed E-state index contributed by atoms with van der Waals surface area (Å²) in [6.07, 6.45) is 0.671. The molecule has 1 aromatic rings. The van der Waals surface area contributed by atoms with Gasteiger partial charge in [-0.15, -0.1) is 0 Å². The van der Waals surface area contributed by atoms with Gasteiger partial charge in [-0.1, -0.05) is 6.92 Å². The van der Waals surface area contributed by atoms with Crippen molar-refractivity contribution >= 4 is 11.6 Å². The number of nitro groups is 1. The number of benzene rings is 1. The molecule has 2 N–H and O–H groups in total. The van der Waals surface area contributed by atoms with E-state index in [2.05, 4.69) is 5.32 Å². The molecular weight excluding hydrogens is 274 g/mol. The van der Waals surface area contributed by atoms with Crippen LogP contribution in [-0.2, 0) is 0 Å². The van der Waals surface area contributed by atoms with Gasteiger partial charge in [0.15, 0.2) is 0 Å². The second kappa shape index (κ2) is 6.90. The maximum atomic E-state index is 13.8. The summed E-state index contributed by atoms with van der Waals surface area (Å²) in [6, 6.07) is 0.862. The Morgan fingerprint density at radius 2 is 2.15 bits per heavy atom. The Morgan fingerprint density at radius 3 is 2.65 bits per heavy atom. The summed E-state index contributed by atoms with van der Waals surface area (Å²) < 4.78 is 27.3. The molecule has 1 atom stereocenters. The number of nitrogens with one attached hydrogen (secondary N) is 1. The van der Waals surface area contributed by atoms with Gasteiger partial charge < -0.3 is 10.4 Å². The molecule has 0 aliphatic carbocycles. The quantitative estimate of drug-likeness (QED) is 0.616. The minimum Gasteiger partial charge on any atom is -0.396 e. The Balaban J connectivity index is 3.09. The van der Waals surface area contributed by atoms with Crippen molar-refractivity contribution in [2.45, 2.75) is 25.8 Å². The zero-order valence-corrected chi connectivity index (χ0v) is 10.7. The average molecular weight is 288 g/mol. The molecule has 0 saturated heterocycles. The third-order valence-electron chi connectivity index (χ3n) is 2.80. The van der Waals surface area contributed by atoms with Crippen molar-refractivity contribution < 1.29 is 23.6 Å². The number of nitrogens with zero attached hydrogens (tertiary/aromatic N) is 1. The maximum Gasteiger partial charge on any atom is 0.305 e. The summed E-state index contributed by atoms with van der Waals surface area (Å²) in [5, 5.41) is 21.7. The zero-order valence-electron chi connectivity index (χ0n) is 10.7. The van der Waals surface area contributed by atoms with Crippen LogP contribution in [0.3, 0.4) is 0 Å². The van der Waals surface area contributed by atoms with Crippen LogP contribution in [0, 0.1) is 21.7 Å². The second-order valence-corrected chi connectivity index (χ2v) is 4.10. The first kappa shape index (κ1) is 16.0. The lowest BCUT2D eigenvalue weighted by Gasteiger charge is -2.16. The van der Waals surface area contributed by atoms with Gasteiger partial charge in [0.1, 0.15) is 11.4 Å². The number of hydrogen-bond donors (Lipinski definition) is 2. The van der Waals surface area contributed by atoms with E-state index in [1.54, 1.807) is 6.92 Å². The van der Waals surface area contributed by atoms with Crippen LogP contribution in [-0.4, -0.2) is 28.6 Å². The number of rotatable bonds is 6. The first-order valence-corrected chi connectivity index (χ1v) is 5.96. The van der Waals surface area contributed by atoms with E-state index < -0.39 is 39.8 Å². The summed E-state index contributed by atoms with van der Waals surface area (Å²) in [5.74, 6) is -3.76. The first-order chi connectivity index (χ1) is 9.42. The van der Waals surface area contributed by atoms with Gasteiger partial charge in [-0.2, -0.15) is 4.39 Å². The van der Waals surface area contributed by atoms with Gasteiger partial charge >= 0.3 is 5.69 Å². The normalized spacial score (nSPS) is 12.0. The number of aliphatic hydroxyl groups is 1. The predicted octanol–water partition coefficient (Wildman–Crippen LogP) is 1.76. The average Bonchev–Trinajstić information content (AvgIpc) is 2.37. The van der Waals surface area contributed by atoms with Crippen LogP contribution >= 0.6 is 0 Å². The minimum absolute atomic E-state index is 0.196. The molecule has 0 bridgehead atoms. The molecule has 0 aromatic heterocycles. The molecule has 0 aliphatic heterocycles. The van der Waals surface area contributed by atoms with Crippen LogP contribution in [0.5, 0.6) is 0 Å². The highest BCUT2D eigenvalue weighted by Crippen LogP contribution is 2.23. The minimum atomic E-state index is -1.51. The van der Waals surface area contributed by atoms with Crippen molar-refractivity contribution in [3.05, 3.63) is 39.4 Å². The highest BCUT2D eigenvalue weighted by Gasteiger charge is 2.27. The molecule has 20 heavy (non-hydrogen) atoms. The van der Waals surface area contributed by atoms with E-state index in [-0.39, 0.29) is 13.0 Å². The van der Waals surface area contributed by atoms with Crippen molar-refractivity contribution in [2.24, 2.45) is 0 Å². The fourth-order valence-electron chi connectivity index (χ4n) is 1.68. The zero-order chi connectivity index (χ0) is 15.3. The maximum absolute atomic E-state index is 13.8. The Morgan fingerprint density at radius 1 is 1.50 bits per heavy atom. The molecule has 1 amide bonds. The molecule has 110 valence electrons. The second-order valence-electron chi connectivity index (χ2n) is 4.10. The summed E-state index contributed by atoms with van der Waals surface area (Å²) in [5.41, 5.74) is -1.96. The number of halogens is 2. The molecule has 0 radical (unpaired) electrons. The number of hydrogen-bond acceptors (Lipinski definition) is 4. The topological polar surface area (TPSA) is 92.5 Å². The monoisotopic (exact) mass is 288 g/mol. The van der Waals surface area contributed by atoms with E-state index in [1.807, 2.05) is 0 Å². The Labute approximate surface area is 113 Å². The fourth-order valence-corrected chi connectivity index (χ4v) is 1.68. The molecule has 8 heteroatoms. The Hall–Kier alpha value is -2.09. The van der Waals surface area contributed by atoms with Crippen LogP contribution in [0.1, 0.15) is 30.1 Å². The Kier molecular flexibility index (Phi) is 5.51. The highest BCUT2D eigenvalue weighted by molar-refractivity contribution is 5.95. The molecule has 0 spiro atoms. The highest BCUT2D eigenvalue weighted by atomic mass is 19.1. The van der Waals surface area contributed by atoms with Crippen LogP contribution in [0.4, 0.5) is 14.5 Å². The standard InChI is InChI=1S/C12H14F2N2O4/c1-2-7(5-6-17)15-12(18)10-8(13)3-4-9(11(10)14)16(19)20/h3-4,7,17H,2,5-6H2,1H3,(H,15,18). The van der Waals surface area contributed by atoms with Crippen LogP contribution in [0.2, 0.25) is 0 Å². The van der Waals surface area contributed by atoms with Gasteiger partial charge in [-0.05, 0) is 18.9 Å². The van der Waals surface area contributed by atoms with Gasteiger partial charge in [0, 0.05) is 18.7 Å². The van der Waals surface area contributed by atoms with Crippen molar-refractivity contribution in [3.63, 3.8) is 0 Å². The van der Waals surface area contributed by atoms with E-state index in [9.17, 15) is 23.7 Å². The van der Waals surface area contributed by atoms with E-state index in [1.165, 1.54) is 0 Å². The summed E-state index contributed by atoms with van der Waals surface area (Å²) >= 11 is 0. The number of carbonyl (C=O) groups excluding carboxylic acids is 1. The number of nitro benzene ring substituents is 1. The largest absolute Gasteiger partial charge is 0.396 e. The summed E-state index contributed by atoms with van der Waals surface area (Å²) in [6.45, 7) is 1.53. The van der Waals surface area contributed by atoms with Gasteiger partial charge in [0.25, 0.3) is 5.91 Å². The molecule has 1 rings (SSSR count). The van der Waals surface area contributed by atoms with Crippen molar-refractivity contribution in [3.8, 4) is 0 Å². The molecular formula is C12H14F2N2O4. The molecule has 0 saturated carbocycles. The number of carbonyl (C=O) groups is 1. The SMILES string of the molecule is CCC(CCO)NC(=O)c1c(F)ccc([N+](=O)[O-])c1F. The van der Waals surface area contributed by atoms with E-state index in [0.717, 1.165) is 0 Å². The molecule has 6 nitrogen and oxygen atoms in total. The fraction of sp³-hybridized carbons (Fsp3) is 0.417. The molecule has 1 unspecified atom stereocenters. The van der Waals surface area contributed by atoms with E-state index in [0.29, 0.717) is 18.6 Å². The van der Waals surface area contributed by atoms with Crippen LogP contribution in [0.25, 0.3) is 0 Å². The Bertz CT molecular complexity index is 522. The molecule has 0 heterocycles. The number of amides is 1. The van der Waals surface area contributed by atoms with Crippen LogP contribution < -0.4 is 5.32 Å². The van der Waals surface area contributed by atoms with E-state index >= 15 is 0 Å². The van der Waals surface area contributed by atoms with Crippen molar-refractivity contribution in [2.75, 3.05) is 6.61 Å². The number of aliphatic hydroxyl groups excluding tert-OH is 1. The summed E-state index contributed by atoms with van der Waals surface area (Å²) in [4.78, 5) is 21.3.